The molecule has 0 saturated heterocycles. The Morgan fingerprint density at radius 3 is 1.00 bits per heavy atom. The van der Waals surface area contributed by atoms with Crippen LogP contribution in [0.5, 0.6) is 0 Å². The summed E-state index contributed by atoms with van der Waals surface area (Å²) >= 11 is 5.70. The molecule has 640 valence electrons. The van der Waals surface area contributed by atoms with Crippen molar-refractivity contribution in [3.63, 3.8) is 0 Å². The molecule has 0 aliphatic carbocycles. The summed E-state index contributed by atoms with van der Waals surface area (Å²) in [5, 5.41) is 30.9. The van der Waals surface area contributed by atoms with Gasteiger partial charge in [-0.15, -0.1) is 34.0 Å². The number of para-hydroxylation sites is 10. The maximum absolute atomic E-state index is 6.53. The number of hydrogen-bond acceptors (Lipinski definition) is 4. The largest absolute Gasteiger partial charge is 0.454 e. The third-order valence-electron chi connectivity index (χ3n) is 29.3. The maximum Gasteiger partial charge on any atom is 0.160 e. The van der Waals surface area contributed by atoms with Crippen molar-refractivity contribution < 1.29 is 4.42 Å². The standard InChI is InChI=1S/C31H20N2O.3C31H20N2S/c1-32-25-13-5-2-9-19(25)22-12-8-15-27(29(22)32)33-26-14-6-3-10-20(26)23-17-18-24-21-11-4-7-16-28(21)34-31(24)30(23)33;1-32-24-12-5-3-11-23(24)29-26(32)14-8-15-27(29)33-25-13-6-2-9-19(25)21-17-18-22-20-10-4-7-16-28(20)34-31(22)30(21)33;1-32-26-11-5-2-9-21(26)25-18-19(14-17-27(25)32)33-28-12-6-3-8-20(28)23-15-16-24-22-10-4-7-13-29(22)34-31(24)30(23)33;1-32-26-11-5-2-8-20(26)22-15-14-19(18-28(22)32)33-27-12-6-3-9-21(27)24-16-17-25-23-10-4-7-13-29(23)34-31(25)30(24)33/h4*2-18H,1H3. The molecule has 0 unspecified atom stereocenters. The van der Waals surface area contributed by atoms with Gasteiger partial charge in [0.15, 0.2) is 5.58 Å². The average Bonchev–Trinajstić information content (AvgIpc) is 1.56. The van der Waals surface area contributed by atoms with E-state index >= 15 is 0 Å². The predicted octanol–water partition coefficient (Wildman–Crippen LogP) is 34.7. The van der Waals surface area contributed by atoms with Gasteiger partial charge in [0.05, 0.1) is 86.2 Å². The Morgan fingerprint density at radius 1 is 0.176 bits per heavy atom. The highest BCUT2D eigenvalue weighted by atomic mass is 32.1. The van der Waals surface area contributed by atoms with E-state index in [1.54, 1.807) is 0 Å². The maximum atomic E-state index is 6.53. The quantitative estimate of drug-likeness (QED) is 0.173. The summed E-state index contributed by atoms with van der Waals surface area (Å²) in [4.78, 5) is 0. The Balaban J connectivity index is 0.0000000879. The van der Waals surface area contributed by atoms with Gasteiger partial charge in [0.2, 0.25) is 0 Å². The van der Waals surface area contributed by atoms with Gasteiger partial charge in [-0.3, -0.25) is 0 Å². The van der Waals surface area contributed by atoms with E-state index in [0.29, 0.717) is 0 Å². The number of rotatable bonds is 4. The first-order valence-electron chi connectivity index (χ1n) is 46.4. The fourth-order valence-corrected chi connectivity index (χ4v) is 27.0. The Bertz CT molecular complexity index is 10700. The monoisotopic (exact) mass is 1790 g/mol. The number of nitrogens with zero attached hydrogens (tertiary/aromatic N) is 8. The van der Waals surface area contributed by atoms with Crippen LogP contribution in [0.1, 0.15) is 0 Å². The van der Waals surface area contributed by atoms with E-state index in [2.05, 4.69) is 471 Å². The second-order valence-electron chi connectivity index (χ2n) is 36.2. The van der Waals surface area contributed by atoms with Crippen molar-refractivity contribution in [1.82, 2.24) is 36.5 Å². The number of thiophene rings is 3. The van der Waals surface area contributed by atoms with E-state index < -0.39 is 0 Å². The molecule has 0 aliphatic heterocycles. The molecular weight excluding hydrogens is 1710 g/mol. The van der Waals surface area contributed by atoms with Crippen molar-refractivity contribution in [3.8, 4) is 22.7 Å². The van der Waals surface area contributed by atoms with Crippen molar-refractivity contribution in [1.29, 1.82) is 0 Å². The molecule has 0 aliphatic rings. The van der Waals surface area contributed by atoms with Gasteiger partial charge in [0, 0.05) is 211 Å². The van der Waals surface area contributed by atoms with E-state index in [0.717, 1.165) is 33.1 Å². The second kappa shape index (κ2) is 29.4. The number of aryl methyl sites for hydroxylation is 4. The fraction of sp³-hybridized carbons (Fsp3) is 0.0323. The molecule has 20 aromatic carbocycles. The molecule has 0 saturated carbocycles. The highest BCUT2D eigenvalue weighted by Crippen LogP contribution is 2.51. The molecule has 9 nitrogen and oxygen atoms in total. The van der Waals surface area contributed by atoms with Crippen LogP contribution >= 0.6 is 34.0 Å². The number of fused-ring (bicyclic) bond motifs is 40. The van der Waals surface area contributed by atoms with E-state index in [4.69, 9.17) is 4.42 Å². The number of benzene rings is 20. The minimum atomic E-state index is 0.921. The molecule has 136 heavy (non-hydrogen) atoms. The van der Waals surface area contributed by atoms with Crippen LogP contribution in [0.3, 0.4) is 0 Å². The SMILES string of the molecule is Cn1c2ccccc2c2c(-n3c4ccccc4c4ccc5c6ccccc6sc5c43)cccc21.Cn1c2ccccc2c2cc(-n3c4ccccc4c4ccc5c6ccccc6sc5c43)ccc21.Cn1c2ccccc2c2ccc(-n3c4ccccc4c4ccc5c6ccccc6sc5c43)cc21.Cn1c2ccccc2c2cccc(-n3c4ccccc4c4ccc5c6ccccc6oc5c43)c21. The third kappa shape index (κ3) is 10.9. The van der Waals surface area contributed by atoms with Gasteiger partial charge in [-0.2, -0.15) is 0 Å². The zero-order valence-electron chi connectivity index (χ0n) is 74.5. The van der Waals surface area contributed by atoms with Gasteiger partial charge in [0.1, 0.15) is 5.58 Å². The lowest BCUT2D eigenvalue weighted by Crippen LogP contribution is -1.98. The normalized spacial score (nSPS) is 12.3. The van der Waals surface area contributed by atoms with Crippen LogP contribution in [0.25, 0.3) is 280 Å². The van der Waals surface area contributed by atoms with Crippen molar-refractivity contribution in [2.75, 3.05) is 0 Å². The van der Waals surface area contributed by atoms with Gasteiger partial charge in [0.25, 0.3) is 0 Å². The van der Waals surface area contributed by atoms with Crippen molar-refractivity contribution in [2.24, 2.45) is 28.2 Å². The molecule has 0 bridgehead atoms. The van der Waals surface area contributed by atoms with Crippen LogP contribution in [0.15, 0.2) is 417 Å². The fourth-order valence-electron chi connectivity index (χ4n) is 23.3. The van der Waals surface area contributed by atoms with Crippen LogP contribution < -0.4 is 0 Å². The smallest absolute Gasteiger partial charge is 0.160 e. The summed E-state index contributed by atoms with van der Waals surface area (Å²) < 4.78 is 33.7. The van der Waals surface area contributed by atoms with Gasteiger partial charge in [-0.25, -0.2) is 0 Å². The third-order valence-corrected chi connectivity index (χ3v) is 32.9. The molecule has 32 rings (SSSR count). The molecule has 12 heteroatoms. The Kier molecular flexibility index (Phi) is 16.6. The van der Waals surface area contributed by atoms with E-state index in [1.807, 2.05) is 40.1 Å². The first-order chi connectivity index (χ1) is 67.2. The minimum Gasteiger partial charge on any atom is -0.454 e. The minimum absolute atomic E-state index is 0.921. The molecule has 0 fully saturated rings. The first kappa shape index (κ1) is 76.9. The molecule has 0 radical (unpaired) electrons. The number of aromatic nitrogens is 8. The first-order valence-corrected chi connectivity index (χ1v) is 48.9. The Labute approximate surface area is 789 Å². The van der Waals surface area contributed by atoms with E-state index in [1.165, 1.54) is 247 Å². The molecule has 32 aromatic rings. The summed E-state index contributed by atoms with van der Waals surface area (Å²) in [5.74, 6) is 0. The summed E-state index contributed by atoms with van der Waals surface area (Å²) in [6, 6.07) is 150. The average molecular weight is 1790 g/mol. The zero-order chi connectivity index (χ0) is 89.6. The van der Waals surface area contributed by atoms with Crippen molar-refractivity contribution in [3.05, 3.63) is 413 Å². The lowest BCUT2D eigenvalue weighted by Gasteiger charge is -2.11. The van der Waals surface area contributed by atoms with E-state index in [9.17, 15) is 0 Å². The topological polar surface area (TPSA) is 52.6 Å². The number of furan rings is 1. The van der Waals surface area contributed by atoms with Gasteiger partial charge in [-0.05, 0) is 127 Å². The van der Waals surface area contributed by atoms with E-state index in [-0.39, 0.29) is 0 Å². The lowest BCUT2D eigenvalue weighted by atomic mass is 10.1. The van der Waals surface area contributed by atoms with Gasteiger partial charge >= 0.3 is 0 Å². The molecule has 0 amide bonds. The van der Waals surface area contributed by atoms with Crippen molar-refractivity contribution in [2.45, 2.75) is 0 Å². The van der Waals surface area contributed by atoms with Gasteiger partial charge < -0.3 is 41.0 Å². The summed E-state index contributed by atoms with van der Waals surface area (Å²) in [5.41, 5.74) is 26.7. The van der Waals surface area contributed by atoms with Crippen LogP contribution in [-0.2, 0) is 28.2 Å². The molecule has 0 N–H and O–H groups in total. The molecule has 12 heterocycles. The van der Waals surface area contributed by atoms with Crippen LogP contribution in [0.4, 0.5) is 0 Å². The van der Waals surface area contributed by atoms with Crippen LogP contribution in [0, 0.1) is 0 Å². The van der Waals surface area contributed by atoms with Crippen molar-refractivity contribution >= 4 is 291 Å². The molecule has 0 atom stereocenters. The highest BCUT2D eigenvalue weighted by molar-refractivity contribution is 7.27. The second-order valence-corrected chi connectivity index (χ2v) is 39.4. The Morgan fingerprint density at radius 2 is 0.478 bits per heavy atom. The predicted molar refractivity (Wildman–Crippen MR) is 585 cm³/mol. The molecule has 0 spiro atoms. The van der Waals surface area contributed by atoms with Crippen LogP contribution in [-0.4, -0.2) is 36.5 Å². The van der Waals surface area contributed by atoms with Crippen LogP contribution in [0.2, 0.25) is 0 Å². The Hall–Kier alpha value is -16.7. The summed E-state index contributed by atoms with van der Waals surface area (Å²) in [7, 11) is 8.67. The lowest BCUT2D eigenvalue weighted by molar-refractivity contribution is 0.671. The number of hydrogen-bond donors (Lipinski definition) is 0. The highest BCUT2D eigenvalue weighted by Gasteiger charge is 2.27. The summed E-state index contributed by atoms with van der Waals surface area (Å²) in [6.07, 6.45) is 0. The molecule has 12 aromatic heterocycles. The molecular formula is C124H80N8OS3. The zero-order valence-corrected chi connectivity index (χ0v) is 76.9. The summed E-state index contributed by atoms with van der Waals surface area (Å²) in [6.45, 7) is 0. The van der Waals surface area contributed by atoms with Gasteiger partial charge in [-0.1, -0.05) is 285 Å².